The number of benzene rings is 1. The van der Waals surface area contributed by atoms with Gasteiger partial charge in [0.25, 0.3) is 0 Å². The number of hydrogen-bond donors (Lipinski definition) is 2. The summed E-state index contributed by atoms with van der Waals surface area (Å²) in [4.78, 5) is 27.0. The second kappa shape index (κ2) is 9.23. The Balaban J connectivity index is 2.17. The van der Waals surface area contributed by atoms with Gasteiger partial charge >= 0.3 is 0 Å². The van der Waals surface area contributed by atoms with E-state index in [0.29, 0.717) is 19.4 Å². The van der Waals surface area contributed by atoms with E-state index < -0.39 is 0 Å². The van der Waals surface area contributed by atoms with Gasteiger partial charge in [-0.25, -0.2) is 0 Å². The molecule has 2 amide bonds. The Morgan fingerprint density at radius 1 is 1.38 bits per heavy atom. The van der Waals surface area contributed by atoms with Gasteiger partial charge in [-0.05, 0) is 38.3 Å². The number of carbonyl (C=O) groups excluding carboxylic acids is 2. The van der Waals surface area contributed by atoms with Crippen molar-refractivity contribution in [2.24, 2.45) is 0 Å². The van der Waals surface area contributed by atoms with Crippen molar-refractivity contribution in [2.75, 3.05) is 18.0 Å². The normalized spacial score (nSPS) is 19.8. The topological polar surface area (TPSA) is 85.2 Å². The zero-order chi connectivity index (χ0) is 19.1. The first-order valence-corrected chi connectivity index (χ1v) is 9.27. The Bertz CT molecular complexity index is 683. The van der Waals surface area contributed by atoms with Gasteiger partial charge in [0.05, 0.1) is 25.0 Å². The van der Waals surface area contributed by atoms with E-state index in [2.05, 4.69) is 17.6 Å². The van der Waals surface area contributed by atoms with Crippen LogP contribution in [0.15, 0.2) is 24.3 Å². The van der Waals surface area contributed by atoms with Crippen molar-refractivity contribution in [1.29, 1.82) is 5.26 Å². The highest BCUT2D eigenvalue weighted by Crippen LogP contribution is 2.38. The van der Waals surface area contributed by atoms with Gasteiger partial charge in [0.1, 0.15) is 0 Å². The summed E-state index contributed by atoms with van der Waals surface area (Å²) in [5, 5.41) is 14.4. The van der Waals surface area contributed by atoms with Crippen LogP contribution < -0.4 is 15.5 Å². The fourth-order valence-corrected chi connectivity index (χ4v) is 3.28. The lowest BCUT2D eigenvalue weighted by molar-refractivity contribution is -0.123. The van der Waals surface area contributed by atoms with Gasteiger partial charge in [-0.15, -0.1) is 0 Å². The maximum absolute atomic E-state index is 12.7. The third kappa shape index (κ3) is 4.75. The molecule has 0 aliphatic carbocycles. The summed E-state index contributed by atoms with van der Waals surface area (Å²) in [7, 11) is 0. The lowest BCUT2D eigenvalue weighted by Crippen LogP contribution is -2.48. The fourth-order valence-electron chi connectivity index (χ4n) is 3.28. The van der Waals surface area contributed by atoms with Crippen molar-refractivity contribution < 1.29 is 9.59 Å². The Kier molecular flexibility index (Phi) is 7.02. The molecule has 1 aliphatic heterocycles. The van der Waals surface area contributed by atoms with Crippen molar-refractivity contribution >= 4 is 17.5 Å². The molecule has 2 rings (SSSR count). The van der Waals surface area contributed by atoms with Gasteiger partial charge in [-0.1, -0.05) is 25.1 Å². The van der Waals surface area contributed by atoms with E-state index in [9.17, 15) is 9.59 Å². The van der Waals surface area contributed by atoms with Crippen LogP contribution in [0.1, 0.15) is 51.5 Å². The number of anilines is 1. The predicted molar refractivity (Wildman–Crippen MR) is 102 cm³/mol. The quantitative estimate of drug-likeness (QED) is 0.734. The Morgan fingerprint density at radius 3 is 2.81 bits per heavy atom. The molecule has 1 aromatic rings. The minimum atomic E-state index is -0.201. The van der Waals surface area contributed by atoms with Gasteiger partial charge in [0, 0.05) is 24.3 Å². The molecule has 3 atom stereocenters. The second-order valence-corrected chi connectivity index (χ2v) is 6.90. The lowest BCUT2D eigenvalue weighted by Gasteiger charge is -2.40. The largest absolute Gasteiger partial charge is 0.359 e. The van der Waals surface area contributed by atoms with Crippen molar-refractivity contribution in [3.05, 3.63) is 29.8 Å². The van der Waals surface area contributed by atoms with Crippen molar-refractivity contribution in [3.63, 3.8) is 0 Å². The molecular weight excluding hydrogens is 328 g/mol. The van der Waals surface area contributed by atoms with Crippen LogP contribution in [0, 0.1) is 11.3 Å². The molecule has 0 bridgehead atoms. The number of rotatable bonds is 7. The zero-order valence-electron chi connectivity index (χ0n) is 15.8. The molecule has 0 fully saturated rings. The van der Waals surface area contributed by atoms with Crippen LogP contribution in [-0.4, -0.2) is 37.0 Å². The van der Waals surface area contributed by atoms with Gasteiger partial charge in [-0.2, -0.15) is 5.26 Å². The van der Waals surface area contributed by atoms with E-state index in [1.807, 2.05) is 49.1 Å². The first kappa shape index (κ1) is 19.8. The first-order chi connectivity index (χ1) is 12.5. The van der Waals surface area contributed by atoms with Crippen LogP contribution >= 0.6 is 0 Å². The number of fused-ring (bicyclic) bond motifs is 1. The van der Waals surface area contributed by atoms with Crippen LogP contribution in [-0.2, 0) is 9.59 Å². The van der Waals surface area contributed by atoms with Crippen molar-refractivity contribution in [3.8, 4) is 6.07 Å². The van der Waals surface area contributed by atoms with Crippen LogP contribution in [0.4, 0.5) is 5.69 Å². The third-order valence-electron chi connectivity index (χ3n) is 4.92. The van der Waals surface area contributed by atoms with Crippen LogP contribution in [0.25, 0.3) is 0 Å². The molecule has 0 aromatic heterocycles. The van der Waals surface area contributed by atoms with Gasteiger partial charge in [0.15, 0.2) is 0 Å². The third-order valence-corrected chi connectivity index (χ3v) is 4.92. The molecule has 6 heteroatoms. The van der Waals surface area contributed by atoms with Gasteiger partial charge in [-0.3, -0.25) is 9.59 Å². The summed E-state index contributed by atoms with van der Waals surface area (Å²) in [6.07, 6.45) is 1.87. The number of carbonyl (C=O) groups is 2. The summed E-state index contributed by atoms with van der Waals surface area (Å²) >= 11 is 0. The summed E-state index contributed by atoms with van der Waals surface area (Å²) < 4.78 is 0. The first-order valence-electron chi connectivity index (χ1n) is 9.27. The summed E-state index contributed by atoms with van der Waals surface area (Å²) in [6.45, 7) is 6.69. The van der Waals surface area contributed by atoms with Crippen molar-refractivity contribution in [1.82, 2.24) is 10.6 Å². The highest BCUT2D eigenvalue weighted by atomic mass is 16.2. The van der Waals surface area contributed by atoms with E-state index in [-0.39, 0.29) is 36.4 Å². The van der Waals surface area contributed by atoms with Crippen LogP contribution in [0.2, 0.25) is 0 Å². The molecule has 140 valence electrons. The number of nitriles is 1. The van der Waals surface area contributed by atoms with E-state index >= 15 is 0 Å². The molecular formula is C20H28N4O2. The zero-order valence-corrected chi connectivity index (χ0v) is 15.8. The molecule has 2 N–H and O–H groups in total. The molecule has 0 radical (unpaired) electrons. The van der Waals surface area contributed by atoms with E-state index in [1.54, 1.807) is 0 Å². The highest BCUT2D eigenvalue weighted by molar-refractivity contribution is 5.88. The van der Waals surface area contributed by atoms with E-state index in [0.717, 1.165) is 17.7 Å². The Morgan fingerprint density at radius 2 is 2.12 bits per heavy atom. The van der Waals surface area contributed by atoms with E-state index in [4.69, 9.17) is 5.26 Å². The molecule has 3 unspecified atom stereocenters. The maximum atomic E-state index is 12.7. The lowest BCUT2D eigenvalue weighted by atomic mass is 9.85. The van der Waals surface area contributed by atoms with Gasteiger partial charge < -0.3 is 15.5 Å². The fraction of sp³-hybridized carbons (Fsp3) is 0.550. The molecule has 26 heavy (non-hydrogen) atoms. The molecule has 1 heterocycles. The minimum Gasteiger partial charge on any atom is -0.359 e. The van der Waals surface area contributed by atoms with E-state index in [1.165, 1.54) is 0 Å². The number of para-hydroxylation sites is 1. The summed E-state index contributed by atoms with van der Waals surface area (Å²) in [5.41, 5.74) is 1.90. The average Bonchev–Trinajstić information content (AvgIpc) is 2.63. The van der Waals surface area contributed by atoms with Gasteiger partial charge in [0.2, 0.25) is 11.8 Å². The van der Waals surface area contributed by atoms with Crippen molar-refractivity contribution in [2.45, 2.75) is 58.0 Å². The summed E-state index contributed by atoms with van der Waals surface area (Å²) in [6, 6.07) is 10.0. The number of amides is 2. The Labute approximate surface area is 155 Å². The molecule has 6 nitrogen and oxygen atoms in total. The average molecular weight is 356 g/mol. The highest BCUT2D eigenvalue weighted by Gasteiger charge is 2.34. The van der Waals surface area contributed by atoms with Crippen LogP contribution in [0.3, 0.4) is 0 Å². The SMILES string of the molecule is CCC(C)NC(=O)C1CC(C)N(CC(=O)NCCC#N)c2ccccc21. The number of hydrogen-bond acceptors (Lipinski definition) is 4. The Hall–Kier alpha value is -2.55. The minimum absolute atomic E-state index is 0.0526. The number of nitrogens with one attached hydrogen (secondary N) is 2. The molecule has 0 saturated heterocycles. The maximum Gasteiger partial charge on any atom is 0.239 e. The molecule has 1 aliphatic rings. The number of nitrogens with zero attached hydrogens (tertiary/aromatic N) is 2. The smallest absolute Gasteiger partial charge is 0.239 e. The second-order valence-electron chi connectivity index (χ2n) is 6.90. The molecule has 0 spiro atoms. The molecule has 1 aromatic carbocycles. The predicted octanol–water partition coefficient (Wildman–Crippen LogP) is 2.31. The molecule has 0 saturated carbocycles. The monoisotopic (exact) mass is 356 g/mol. The van der Waals surface area contributed by atoms with Crippen LogP contribution in [0.5, 0.6) is 0 Å². The summed E-state index contributed by atoms with van der Waals surface area (Å²) in [5.74, 6) is -0.255. The standard InChI is InChI=1S/C20H28N4O2/c1-4-14(2)23-20(26)17-12-15(3)24(13-19(25)22-11-7-10-21)18-9-6-5-8-16(17)18/h5-6,8-9,14-15,17H,4,7,11-13H2,1-3H3,(H,22,25)(H,23,26).